The molecule has 1 aliphatic rings. The van der Waals surface area contributed by atoms with Crippen molar-refractivity contribution in [3.05, 3.63) is 0 Å². The Labute approximate surface area is 131 Å². The first-order chi connectivity index (χ1) is 9.74. The molecule has 1 aliphatic carbocycles. The summed E-state index contributed by atoms with van der Waals surface area (Å²) < 4.78 is 10.5. The predicted octanol–water partition coefficient (Wildman–Crippen LogP) is 2.59. The monoisotopic (exact) mass is 313 g/mol. The number of ether oxygens (including phenoxy) is 2. The molecule has 0 heterocycles. The van der Waals surface area contributed by atoms with Crippen LogP contribution in [0.15, 0.2) is 0 Å². The molecule has 0 radical (unpaired) electrons. The Kier molecular flexibility index (Phi) is 4.94. The second-order valence-corrected chi connectivity index (χ2v) is 7.90. The van der Waals surface area contributed by atoms with E-state index < -0.39 is 22.8 Å². The highest BCUT2D eigenvalue weighted by molar-refractivity contribution is 5.93. The van der Waals surface area contributed by atoms with Gasteiger partial charge in [-0.15, -0.1) is 0 Å². The molecule has 0 spiro atoms. The maximum atomic E-state index is 12.0. The van der Waals surface area contributed by atoms with Crippen LogP contribution in [0.5, 0.6) is 0 Å². The number of hydrogen-bond acceptors (Lipinski definition) is 5. The van der Waals surface area contributed by atoms with Crippen LogP contribution in [-0.2, 0) is 19.1 Å². The van der Waals surface area contributed by atoms with Gasteiger partial charge in [0.25, 0.3) is 0 Å². The van der Waals surface area contributed by atoms with Gasteiger partial charge >= 0.3 is 12.1 Å². The Morgan fingerprint density at radius 3 is 1.77 bits per heavy atom. The van der Waals surface area contributed by atoms with Crippen LogP contribution in [-0.4, -0.2) is 34.6 Å². The fourth-order valence-corrected chi connectivity index (χ4v) is 2.31. The molecule has 1 amide bonds. The van der Waals surface area contributed by atoms with Crippen molar-refractivity contribution in [1.29, 1.82) is 0 Å². The zero-order valence-corrected chi connectivity index (χ0v) is 14.5. The van der Waals surface area contributed by atoms with Gasteiger partial charge in [0, 0.05) is 0 Å². The van der Waals surface area contributed by atoms with E-state index in [4.69, 9.17) is 9.47 Å². The number of hydrogen-bond donors (Lipinski definition) is 1. The van der Waals surface area contributed by atoms with Crippen LogP contribution in [0, 0.1) is 5.92 Å². The maximum absolute atomic E-state index is 12.0. The van der Waals surface area contributed by atoms with Crippen molar-refractivity contribution in [2.24, 2.45) is 5.92 Å². The summed E-state index contributed by atoms with van der Waals surface area (Å²) in [7, 11) is 0. The van der Waals surface area contributed by atoms with E-state index in [-0.39, 0.29) is 30.5 Å². The van der Waals surface area contributed by atoms with Crippen molar-refractivity contribution in [1.82, 2.24) is 5.32 Å². The zero-order valence-electron chi connectivity index (χ0n) is 14.5. The summed E-state index contributed by atoms with van der Waals surface area (Å²) in [6.45, 7) is 12.0. The molecule has 126 valence electrons. The highest BCUT2D eigenvalue weighted by atomic mass is 16.6. The van der Waals surface area contributed by atoms with E-state index in [0.717, 1.165) is 0 Å². The van der Waals surface area contributed by atoms with E-state index in [0.29, 0.717) is 0 Å². The summed E-state index contributed by atoms with van der Waals surface area (Å²) in [4.78, 5) is 35.7. The van der Waals surface area contributed by atoms with Crippen LogP contribution in [0.1, 0.15) is 61.3 Å². The van der Waals surface area contributed by atoms with Gasteiger partial charge in [-0.1, -0.05) is 0 Å². The summed E-state index contributed by atoms with van der Waals surface area (Å²) in [5.41, 5.74) is -2.23. The van der Waals surface area contributed by atoms with Gasteiger partial charge in [0.1, 0.15) is 16.7 Å². The number of carbonyl (C=O) groups is 3. The Balaban J connectivity index is 2.66. The SMILES string of the molecule is CC(=O)C1(NC(=O)OC(C)(C)C)CC(C(=O)OC(C)(C)C)C1. The lowest BCUT2D eigenvalue weighted by atomic mass is 9.66. The van der Waals surface area contributed by atoms with E-state index >= 15 is 0 Å². The van der Waals surface area contributed by atoms with Crippen molar-refractivity contribution in [3.63, 3.8) is 0 Å². The van der Waals surface area contributed by atoms with Crippen molar-refractivity contribution in [2.45, 2.75) is 78.0 Å². The quantitative estimate of drug-likeness (QED) is 0.810. The summed E-state index contributed by atoms with van der Waals surface area (Å²) in [5.74, 6) is -0.897. The number of amides is 1. The lowest BCUT2D eigenvalue weighted by Crippen LogP contribution is -2.64. The molecule has 22 heavy (non-hydrogen) atoms. The molecule has 1 fully saturated rings. The minimum Gasteiger partial charge on any atom is -0.460 e. The summed E-state index contributed by atoms with van der Waals surface area (Å²) in [6.07, 6.45) is -0.155. The third-order valence-electron chi connectivity index (χ3n) is 3.34. The van der Waals surface area contributed by atoms with Gasteiger partial charge in [-0.05, 0) is 61.3 Å². The Bertz CT molecular complexity index is 464. The predicted molar refractivity (Wildman–Crippen MR) is 81.4 cm³/mol. The van der Waals surface area contributed by atoms with Crippen molar-refractivity contribution in [2.75, 3.05) is 0 Å². The minimum absolute atomic E-state index is 0.182. The number of nitrogens with one attached hydrogen (secondary N) is 1. The highest BCUT2D eigenvalue weighted by Crippen LogP contribution is 2.40. The minimum atomic E-state index is -1.02. The molecule has 0 bridgehead atoms. The number of ketones is 1. The molecule has 1 saturated carbocycles. The van der Waals surface area contributed by atoms with Crippen LogP contribution in [0.25, 0.3) is 0 Å². The Morgan fingerprint density at radius 2 is 1.41 bits per heavy atom. The average Bonchev–Trinajstić information content (AvgIpc) is 2.16. The maximum Gasteiger partial charge on any atom is 0.408 e. The average molecular weight is 313 g/mol. The summed E-state index contributed by atoms with van der Waals surface area (Å²) in [5, 5.41) is 2.62. The van der Waals surface area contributed by atoms with Gasteiger partial charge in [-0.3, -0.25) is 9.59 Å². The van der Waals surface area contributed by atoms with Crippen molar-refractivity contribution < 1.29 is 23.9 Å². The molecule has 6 nitrogen and oxygen atoms in total. The lowest BCUT2D eigenvalue weighted by molar-refractivity contribution is -0.167. The molecule has 0 aromatic carbocycles. The van der Waals surface area contributed by atoms with Crippen LogP contribution in [0.2, 0.25) is 0 Å². The third-order valence-corrected chi connectivity index (χ3v) is 3.34. The summed E-state index contributed by atoms with van der Waals surface area (Å²) in [6, 6.07) is 0. The number of Topliss-reactive ketones (excluding diaryl/α,β-unsaturated/α-hetero) is 1. The van der Waals surface area contributed by atoms with Gasteiger partial charge in [0.15, 0.2) is 5.78 Å². The Morgan fingerprint density at radius 1 is 0.955 bits per heavy atom. The van der Waals surface area contributed by atoms with Crippen LogP contribution in [0.3, 0.4) is 0 Å². The number of rotatable bonds is 3. The second-order valence-electron chi connectivity index (χ2n) is 7.90. The van der Waals surface area contributed by atoms with Crippen molar-refractivity contribution in [3.8, 4) is 0 Å². The first-order valence-electron chi connectivity index (χ1n) is 7.49. The molecular weight excluding hydrogens is 286 g/mol. The van der Waals surface area contributed by atoms with E-state index in [1.54, 1.807) is 41.5 Å². The van der Waals surface area contributed by atoms with Gasteiger partial charge in [-0.2, -0.15) is 0 Å². The topological polar surface area (TPSA) is 81.7 Å². The van der Waals surface area contributed by atoms with E-state index in [1.807, 2.05) is 0 Å². The molecule has 1 N–H and O–H groups in total. The second kappa shape index (κ2) is 5.89. The van der Waals surface area contributed by atoms with Crippen LogP contribution in [0.4, 0.5) is 4.79 Å². The smallest absolute Gasteiger partial charge is 0.408 e. The number of carbonyl (C=O) groups excluding carboxylic acids is 3. The lowest BCUT2D eigenvalue weighted by Gasteiger charge is -2.45. The van der Waals surface area contributed by atoms with E-state index in [9.17, 15) is 14.4 Å². The standard InChI is InChI=1S/C16H27NO5/c1-10(18)16(17-13(20)22-15(5,6)7)8-11(9-16)12(19)21-14(2,3)4/h11H,8-9H2,1-7H3,(H,17,20). The normalized spacial score (nSPS) is 25.0. The molecule has 0 saturated heterocycles. The number of alkyl carbamates (subject to hydrolysis) is 1. The number of esters is 1. The van der Waals surface area contributed by atoms with Crippen LogP contribution >= 0.6 is 0 Å². The van der Waals surface area contributed by atoms with E-state index in [1.165, 1.54) is 6.92 Å². The fraction of sp³-hybridized carbons (Fsp3) is 0.812. The fourth-order valence-electron chi connectivity index (χ4n) is 2.31. The molecular formula is C16H27NO5. The van der Waals surface area contributed by atoms with Gasteiger partial charge in [0.2, 0.25) is 0 Å². The molecule has 0 aromatic heterocycles. The van der Waals surface area contributed by atoms with Crippen LogP contribution < -0.4 is 5.32 Å². The molecule has 0 aliphatic heterocycles. The zero-order chi connectivity index (χ0) is 17.3. The van der Waals surface area contributed by atoms with E-state index in [2.05, 4.69) is 5.32 Å². The van der Waals surface area contributed by atoms with Gasteiger partial charge in [-0.25, -0.2) is 4.79 Å². The molecule has 0 aromatic rings. The molecule has 0 unspecified atom stereocenters. The molecule has 1 rings (SSSR count). The largest absolute Gasteiger partial charge is 0.460 e. The molecule has 6 heteroatoms. The Hall–Kier alpha value is -1.59. The first-order valence-corrected chi connectivity index (χ1v) is 7.49. The summed E-state index contributed by atoms with van der Waals surface area (Å²) >= 11 is 0. The highest BCUT2D eigenvalue weighted by Gasteiger charge is 2.53. The molecule has 0 atom stereocenters. The van der Waals surface area contributed by atoms with Gasteiger partial charge in [0.05, 0.1) is 5.92 Å². The first kappa shape index (κ1) is 18.5. The van der Waals surface area contributed by atoms with Gasteiger partial charge < -0.3 is 14.8 Å². The third kappa shape index (κ3) is 5.00. The van der Waals surface area contributed by atoms with Crippen molar-refractivity contribution >= 4 is 17.8 Å².